The zero-order valence-electron chi connectivity index (χ0n) is 6.76. The number of rotatable bonds is 3. The van der Waals surface area contributed by atoms with Gasteiger partial charge in [0.05, 0.1) is 0 Å². The molecule has 0 fully saturated rings. The monoisotopic (exact) mass is 185 g/mol. The normalized spacial score (nSPS) is 10.0. The lowest BCUT2D eigenvalue weighted by Gasteiger charge is -1.92. The van der Waals surface area contributed by atoms with Crippen LogP contribution in [-0.2, 0) is 6.42 Å². The van der Waals surface area contributed by atoms with Crippen LogP contribution in [0, 0.1) is 0 Å². The minimum atomic E-state index is 1.06. The Morgan fingerprint density at radius 3 is 3.00 bits per heavy atom. The van der Waals surface area contributed by atoms with E-state index in [-0.39, 0.29) is 0 Å². The Hall–Kier alpha value is -0.280. The van der Waals surface area contributed by atoms with Gasteiger partial charge in [0.25, 0.3) is 0 Å². The molecule has 60 valence electrons. The summed E-state index contributed by atoms with van der Waals surface area (Å²) < 4.78 is 0. The van der Waals surface area contributed by atoms with Gasteiger partial charge in [-0.1, -0.05) is 13.5 Å². The number of thioether (sulfide) groups is 1. The molecule has 1 heterocycles. The van der Waals surface area contributed by atoms with Gasteiger partial charge in [-0.15, -0.1) is 23.1 Å². The Kier molecular flexibility index (Phi) is 3.15. The van der Waals surface area contributed by atoms with Gasteiger partial charge < -0.3 is 0 Å². The van der Waals surface area contributed by atoms with E-state index in [1.165, 1.54) is 4.88 Å². The highest BCUT2D eigenvalue weighted by Crippen LogP contribution is 2.26. The molecule has 1 aromatic rings. The van der Waals surface area contributed by atoms with Gasteiger partial charge in [0.15, 0.2) is 0 Å². The van der Waals surface area contributed by atoms with Crippen LogP contribution < -0.4 is 0 Å². The molecule has 0 amide bonds. The van der Waals surface area contributed by atoms with Crippen LogP contribution in [0.25, 0.3) is 4.91 Å². The van der Waals surface area contributed by atoms with E-state index in [2.05, 4.69) is 18.5 Å². The Balaban J connectivity index is 2.80. The minimum Gasteiger partial charge on any atom is -0.244 e. The number of nitrogens with zero attached hydrogens (tertiary/aromatic N) is 1. The molecule has 0 radical (unpaired) electrons. The van der Waals surface area contributed by atoms with Crippen molar-refractivity contribution in [2.75, 3.05) is 6.26 Å². The number of hydrogen-bond donors (Lipinski definition) is 0. The molecule has 0 saturated heterocycles. The summed E-state index contributed by atoms with van der Waals surface area (Å²) in [5.41, 5.74) is 0. The van der Waals surface area contributed by atoms with Gasteiger partial charge in [0, 0.05) is 16.0 Å². The molecular formula is C8H11NS2. The molecule has 0 aliphatic carbocycles. The van der Waals surface area contributed by atoms with Gasteiger partial charge in [0.1, 0.15) is 5.01 Å². The predicted octanol–water partition coefficient (Wildman–Crippen LogP) is 3.04. The lowest BCUT2D eigenvalue weighted by Crippen LogP contribution is -1.70. The maximum Gasteiger partial charge on any atom is 0.129 e. The predicted molar refractivity (Wildman–Crippen MR) is 54.0 cm³/mol. The Morgan fingerprint density at radius 2 is 2.55 bits per heavy atom. The molecule has 0 N–H and O–H groups in total. The van der Waals surface area contributed by atoms with Gasteiger partial charge in [-0.25, -0.2) is 4.98 Å². The molecule has 1 aromatic heterocycles. The summed E-state index contributed by atoms with van der Waals surface area (Å²) in [5.74, 6) is 0. The summed E-state index contributed by atoms with van der Waals surface area (Å²) in [7, 11) is 0. The SMILES string of the molecule is C=C(SC)c1ncc(CC)s1. The van der Waals surface area contributed by atoms with Crippen molar-refractivity contribution in [1.82, 2.24) is 4.98 Å². The zero-order chi connectivity index (χ0) is 8.27. The van der Waals surface area contributed by atoms with Crippen LogP contribution in [-0.4, -0.2) is 11.2 Å². The Labute approximate surface area is 75.5 Å². The van der Waals surface area contributed by atoms with Crippen molar-refractivity contribution in [1.29, 1.82) is 0 Å². The quantitative estimate of drug-likeness (QED) is 0.718. The summed E-state index contributed by atoms with van der Waals surface area (Å²) in [6, 6.07) is 0. The lowest BCUT2D eigenvalue weighted by molar-refractivity contribution is 1.17. The van der Waals surface area contributed by atoms with Crippen molar-refractivity contribution in [2.45, 2.75) is 13.3 Å². The maximum atomic E-state index is 4.26. The Bertz CT molecular complexity index is 252. The van der Waals surface area contributed by atoms with Crippen molar-refractivity contribution < 1.29 is 0 Å². The molecule has 0 atom stereocenters. The molecular weight excluding hydrogens is 174 g/mol. The van der Waals surface area contributed by atoms with E-state index in [1.54, 1.807) is 23.1 Å². The van der Waals surface area contributed by atoms with E-state index in [1.807, 2.05) is 12.5 Å². The van der Waals surface area contributed by atoms with Crippen molar-refractivity contribution >= 4 is 28.0 Å². The van der Waals surface area contributed by atoms with E-state index in [4.69, 9.17) is 0 Å². The third kappa shape index (κ3) is 2.07. The van der Waals surface area contributed by atoms with Crippen LogP contribution in [0.1, 0.15) is 16.8 Å². The van der Waals surface area contributed by atoms with Crippen LogP contribution in [0.3, 0.4) is 0 Å². The van der Waals surface area contributed by atoms with E-state index in [0.29, 0.717) is 0 Å². The standard InChI is InChI=1S/C8H11NS2/c1-4-7-5-9-8(11-7)6(2)10-3/h5H,2,4H2,1,3H3. The number of aryl methyl sites for hydroxylation is 1. The van der Waals surface area contributed by atoms with Gasteiger partial charge >= 0.3 is 0 Å². The molecule has 0 aliphatic heterocycles. The van der Waals surface area contributed by atoms with Crippen molar-refractivity contribution in [3.8, 4) is 0 Å². The first-order valence-corrected chi connectivity index (χ1v) is 5.50. The average molecular weight is 185 g/mol. The van der Waals surface area contributed by atoms with Gasteiger partial charge in [-0.2, -0.15) is 0 Å². The summed E-state index contributed by atoms with van der Waals surface area (Å²) in [5, 5.41) is 1.06. The summed E-state index contributed by atoms with van der Waals surface area (Å²) in [6.07, 6.45) is 5.02. The highest BCUT2D eigenvalue weighted by atomic mass is 32.2. The minimum absolute atomic E-state index is 1.06. The second kappa shape index (κ2) is 3.93. The van der Waals surface area contributed by atoms with Gasteiger partial charge in [0.2, 0.25) is 0 Å². The topological polar surface area (TPSA) is 12.9 Å². The number of hydrogen-bond acceptors (Lipinski definition) is 3. The summed E-state index contributed by atoms with van der Waals surface area (Å²) in [4.78, 5) is 6.65. The van der Waals surface area contributed by atoms with Crippen LogP contribution in [0.5, 0.6) is 0 Å². The average Bonchev–Trinajstić information content (AvgIpc) is 2.50. The van der Waals surface area contributed by atoms with Crippen LogP contribution in [0.2, 0.25) is 0 Å². The van der Waals surface area contributed by atoms with Crippen LogP contribution in [0.15, 0.2) is 12.8 Å². The first kappa shape index (κ1) is 8.81. The van der Waals surface area contributed by atoms with E-state index < -0.39 is 0 Å². The molecule has 3 heteroatoms. The molecule has 0 saturated carbocycles. The molecule has 0 aliphatic rings. The van der Waals surface area contributed by atoms with Crippen molar-refractivity contribution in [3.05, 3.63) is 22.7 Å². The molecule has 0 bridgehead atoms. The second-order valence-corrected chi connectivity index (χ2v) is 4.13. The first-order chi connectivity index (χ1) is 5.27. The fraction of sp³-hybridized carbons (Fsp3) is 0.375. The van der Waals surface area contributed by atoms with Gasteiger partial charge in [-0.05, 0) is 12.7 Å². The molecule has 0 unspecified atom stereocenters. The lowest BCUT2D eigenvalue weighted by atomic mass is 10.4. The molecule has 0 aromatic carbocycles. The fourth-order valence-corrected chi connectivity index (χ4v) is 2.01. The highest BCUT2D eigenvalue weighted by Gasteiger charge is 2.02. The van der Waals surface area contributed by atoms with E-state index in [0.717, 1.165) is 16.3 Å². The highest BCUT2D eigenvalue weighted by molar-refractivity contribution is 8.07. The van der Waals surface area contributed by atoms with Crippen LogP contribution in [0.4, 0.5) is 0 Å². The van der Waals surface area contributed by atoms with Gasteiger partial charge in [-0.3, -0.25) is 0 Å². The molecule has 11 heavy (non-hydrogen) atoms. The third-order valence-electron chi connectivity index (χ3n) is 1.39. The smallest absolute Gasteiger partial charge is 0.129 e. The summed E-state index contributed by atoms with van der Waals surface area (Å²) >= 11 is 3.39. The number of thiazole rings is 1. The van der Waals surface area contributed by atoms with E-state index in [9.17, 15) is 0 Å². The van der Waals surface area contributed by atoms with Crippen molar-refractivity contribution in [2.24, 2.45) is 0 Å². The molecule has 1 rings (SSSR count). The molecule has 1 nitrogen and oxygen atoms in total. The van der Waals surface area contributed by atoms with Crippen molar-refractivity contribution in [3.63, 3.8) is 0 Å². The number of aromatic nitrogens is 1. The largest absolute Gasteiger partial charge is 0.244 e. The fourth-order valence-electron chi connectivity index (χ4n) is 0.687. The third-order valence-corrected chi connectivity index (χ3v) is 3.40. The second-order valence-electron chi connectivity index (χ2n) is 2.11. The summed E-state index contributed by atoms with van der Waals surface area (Å²) in [6.45, 7) is 6.04. The van der Waals surface area contributed by atoms with E-state index >= 15 is 0 Å². The maximum absolute atomic E-state index is 4.26. The van der Waals surface area contributed by atoms with Crippen LogP contribution >= 0.6 is 23.1 Å². The molecule has 0 spiro atoms. The first-order valence-electron chi connectivity index (χ1n) is 3.46. The Morgan fingerprint density at radius 1 is 1.82 bits per heavy atom. The zero-order valence-corrected chi connectivity index (χ0v) is 8.39.